The van der Waals surface area contributed by atoms with Crippen LogP contribution in [0, 0.1) is 0 Å². The maximum atomic E-state index is 4.11. The highest BCUT2D eigenvalue weighted by atomic mass is 32.2. The molecule has 1 aliphatic rings. The van der Waals surface area contributed by atoms with E-state index in [4.69, 9.17) is 0 Å². The first-order valence-electron chi connectivity index (χ1n) is 3.27. The van der Waals surface area contributed by atoms with Crippen LogP contribution in [0.15, 0.2) is 32.7 Å². The number of nitrogens with zero attached hydrogens (tertiary/aromatic N) is 2. The van der Waals surface area contributed by atoms with Gasteiger partial charge in [0.1, 0.15) is 5.04 Å². The van der Waals surface area contributed by atoms with Gasteiger partial charge in [0.15, 0.2) is 0 Å². The number of hydrogen-bond acceptors (Lipinski definition) is 3. The summed E-state index contributed by atoms with van der Waals surface area (Å²) in [4.78, 5) is 7.96. The first kappa shape index (κ1) is 8.27. The molecule has 0 aromatic carbocycles. The highest BCUT2D eigenvalue weighted by Gasteiger charge is 2.11. The van der Waals surface area contributed by atoms with Crippen LogP contribution in [0.25, 0.3) is 0 Å². The highest BCUT2D eigenvalue weighted by Crippen LogP contribution is 2.26. The van der Waals surface area contributed by atoms with E-state index in [0.29, 0.717) is 0 Å². The molecular formula is C8H10N2S. The molecule has 2 nitrogen and oxygen atoms in total. The molecule has 1 rings (SSSR count). The van der Waals surface area contributed by atoms with Crippen LogP contribution in [0.2, 0.25) is 0 Å². The van der Waals surface area contributed by atoms with Crippen LogP contribution >= 0.6 is 11.8 Å². The summed E-state index contributed by atoms with van der Waals surface area (Å²) in [6.45, 7) is 5.40. The molecule has 0 aliphatic carbocycles. The maximum Gasteiger partial charge on any atom is 0.103 e. The molecule has 0 bridgehead atoms. The van der Waals surface area contributed by atoms with Crippen molar-refractivity contribution >= 4 is 23.5 Å². The highest BCUT2D eigenvalue weighted by molar-refractivity contribution is 8.17. The summed E-state index contributed by atoms with van der Waals surface area (Å²) in [5.74, 6) is 0. The minimum absolute atomic E-state index is 0.937. The van der Waals surface area contributed by atoms with Gasteiger partial charge in [-0.2, -0.15) is 0 Å². The third-order valence-electron chi connectivity index (χ3n) is 1.47. The molecule has 3 heteroatoms. The predicted octanol–water partition coefficient (Wildman–Crippen LogP) is 2.25. The average molecular weight is 166 g/mol. The Morgan fingerprint density at radius 3 is 2.91 bits per heavy atom. The summed E-state index contributed by atoms with van der Waals surface area (Å²) >= 11 is 1.62. The number of thioether (sulfide) groups is 1. The third kappa shape index (κ3) is 1.60. The van der Waals surface area contributed by atoms with Gasteiger partial charge in [-0.3, -0.25) is 9.98 Å². The SMILES string of the molecule is C=N/C(C)=C1/C=CSC1=NC. The first-order chi connectivity index (χ1) is 5.29. The van der Waals surface area contributed by atoms with Crippen molar-refractivity contribution in [3.63, 3.8) is 0 Å². The molecule has 0 aromatic heterocycles. The first-order valence-corrected chi connectivity index (χ1v) is 4.15. The lowest BCUT2D eigenvalue weighted by molar-refractivity contribution is 1.30. The summed E-state index contributed by atoms with van der Waals surface area (Å²) in [7, 11) is 1.78. The van der Waals surface area contributed by atoms with Crippen LogP contribution in [0.5, 0.6) is 0 Å². The van der Waals surface area contributed by atoms with Crippen molar-refractivity contribution in [2.24, 2.45) is 9.98 Å². The zero-order valence-corrected chi connectivity index (χ0v) is 7.48. The van der Waals surface area contributed by atoms with Gasteiger partial charge in [0.05, 0.1) is 0 Å². The molecular weight excluding hydrogens is 156 g/mol. The fraction of sp³-hybridized carbons (Fsp3) is 0.250. The molecule has 0 radical (unpaired) electrons. The van der Waals surface area contributed by atoms with E-state index in [1.165, 1.54) is 0 Å². The molecule has 0 atom stereocenters. The molecule has 0 amide bonds. The van der Waals surface area contributed by atoms with Gasteiger partial charge in [-0.25, -0.2) is 0 Å². The molecule has 1 heterocycles. The molecule has 58 valence electrons. The Morgan fingerprint density at radius 2 is 2.36 bits per heavy atom. The Kier molecular flexibility index (Phi) is 2.65. The summed E-state index contributed by atoms with van der Waals surface area (Å²) in [6.07, 6.45) is 2.01. The summed E-state index contributed by atoms with van der Waals surface area (Å²) in [5, 5.41) is 3.03. The zero-order chi connectivity index (χ0) is 8.27. The van der Waals surface area contributed by atoms with E-state index in [1.54, 1.807) is 18.8 Å². The van der Waals surface area contributed by atoms with Crippen molar-refractivity contribution in [3.05, 3.63) is 22.8 Å². The predicted molar refractivity (Wildman–Crippen MR) is 52.3 cm³/mol. The van der Waals surface area contributed by atoms with Gasteiger partial charge in [0.25, 0.3) is 0 Å². The molecule has 0 saturated carbocycles. The second-order valence-electron chi connectivity index (χ2n) is 2.11. The Hall–Kier alpha value is -0.830. The second kappa shape index (κ2) is 3.53. The van der Waals surface area contributed by atoms with E-state index >= 15 is 0 Å². The molecule has 0 fully saturated rings. The van der Waals surface area contributed by atoms with E-state index in [2.05, 4.69) is 16.7 Å². The lowest BCUT2D eigenvalue weighted by Gasteiger charge is -1.98. The van der Waals surface area contributed by atoms with Gasteiger partial charge >= 0.3 is 0 Å². The van der Waals surface area contributed by atoms with Crippen LogP contribution in [0.4, 0.5) is 0 Å². The molecule has 0 N–H and O–H groups in total. The Balaban J connectivity index is 3.04. The zero-order valence-electron chi connectivity index (χ0n) is 6.66. The summed E-state index contributed by atoms with van der Waals surface area (Å²) in [6, 6.07) is 0. The topological polar surface area (TPSA) is 24.7 Å². The van der Waals surface area contributed by atoms with Gasteiger partial charge in [-0.15, -0.1) is 0 Å². The van der Waals surface area contributed by atoms with Gasteiger partial charge in [-0.1, -0.05) is 11.8 Å². The average Bonchev–Trinajstić information content (AvgIpc) is 2.50. The van der Waals surface area contributed by atoms with Crippen LogP contribution in [0.1, 0.15) is 6.92 Å². The molecule has 0 aromatic rings. The number of hydrogen-bond donors (Lipinski definition) is 0. The maximum absolute atomic E-state index is 4.11. The van der Waals surface area contributed by atoms with Gasteiger partial charge in [0.2, 0.25) is 0 Å². The van der Waals surface area contributed by atoms with Crippen molar-refractivity contribution in [1.82, 2.24) is 0 Å². The molecule has 0 saturated heterocycles. The van der Waals surface area contributed by atoms with Crippen LogP contribution < -0.4 is 0 Å². The molecule has 0 unspecified atom stereocenters. The van der Waals surface area contributed by atoms with E-state index in [9.17, 15) is 0 Å². The lowest BCUT2D eigenvalue weighted by atomic mass is 10.2. The Labute approximate surface area is 70.8 Å². The third-order valence-corrected chi connectivity index (χ3v) is 2.37. The van der Waals surface area contributed by atoms with Crippen molar-refractivity contribution in [1.29, 1.82) is 0 Å². The standard InChI is InChI=1S/C8H10N2S/c1-6(9-2)7-4-5-11-8(7)10-3/h4-5H,2H2,1,3H3/b7-6-,10-8?. The molecule has 11 heavy (non-hydrogen) atoms. The van der Waals surface area contributed by atoms with E-state index in [1.807, 2.05) is 18.4 Å². The molecule has 1 aliphatic heterocycles. The Morgan fingerprint density at radius 1 is 1.64 bits per heavy atom. The Bertz CT molecular complexity index is 261. The van der Waals surface area contributed by atoms with E-state index in [0.717, 1.165) is 16.3 Å². The largest absolute Gasteiger partial charge is 0.281 e. The number of allylic oxidation sites excluding steroid dienone is 2. The van der Waals surface area contributed by atoms with Crippen molar-refractivity contribution in [3.8, 4) is 0 Å². The normalized spacial score (nSPS) is 24.4. The van der Waals surface area contributed by atoms with Crippen molar-refractivity contribution < 1.29 is 0 Å². The minimum Gasteiger partial charge on any atom is -0.281 e. The van der Waals surface area contributed by atoms with Crippen molar-refractivity contribution in [2.45, 2.75) is 6.92 Å². The van der Waals surface area contributed by atoms with E-state index < -0.39 is 0 Å². The van der Waals surface area contributed by atoms with Gasteiger partial charge < -0.3 is 0 Å². The van der Waals surface area contributed by atoms with Crippen LogP contribution in [0.3, 0.4) is 0 Å². The minimum atomic E-state index is 0.937. The number of aliphatic imine (C=N–C) groups is 2. The van der Waals surface area contributed by atoms with Crippen LogP contribution in [-0.2, 0) is 0 Å². The summed E-state index contributed by atoms with van der Waals surface area (Å²) < 4.78 is 0. The fourth-order valence-electron chi connectivity index (χ4n) is 0.835. The fourth-order valence-corrected chi connectivity index (χ4v) is 1.62. The van der Waals surface area contributed by atoms with Gasteiger partial charge in [-0.05, 0) is 25.1 Å². The van der Waals surface area contributed by atoms with Crippen molar-refractivity contribution in [2.75, 3.05) is 7.05 Å². The second-order valence-corrected chi connectivity index (χ2v) is 3.00. The molecule has 0 spiro atoms. The van der Waals surface area contributed by atoms with Crippen LogP contribution in [-0.4, -0.2) is 18.8 Å². The number of rotatable bonds is 1. The lowest BCUT2D eigenvalue weighted by Crippen LogP contribution is -1.91. The quantitative estimate of drug-likeness (QED) is 0.548. The van der Waals surface area contributed by atoms with E-state index in [-0.39, 0.29) is 0 Å². The summed E-state index contributed by atoms with van der Waals surface area (Å²) in [5.41, 5.74) is 2.03. The van der Waals surface area contributed by atoms with Gasteiger partial charge in [0, 0.05) is 18.3 Å². The smallest absolute Gasteiger partial charge is 0.103 e. The monoisotopic (exact) mass is 166 g/mol.